The van der Waals surface area contributed by atoms with Crippen LogP contribution in [0.2, 0.25) is 0 Å². The Bertz CT molecular complexity index is 1070. The quantitative estimate of drug-likeness (QED) is 0.189. The Kier molecular flexibility index (Phi) is 14.5. The van der Waals surface area contributed by atoms with Gasteiger partial charge in [-0.05, 0) is 42.7 Å². The Morgan fingerprint density at radius 3 is 1.93 bits per heavy atom. The second-order valence-corrected chi connectivity index (χ2v) is 10.5. The maximum absolute atomic E-state index is 13.2. The molecule has 0 radical (unpaired) electrons. The predicted molar refractivity (Wildman–Crippen MR) is 158 cm³/mol. The van der Waals surface area contributed by atoms with Crippen LogP contribution in [0.25, 0.3) is 0 Å². The number of rotatable bonds is 18. The van der Waals surface area contributed by atoms with Gasteiger partial charge in [0.05, 0.1) is 30.5 Å². The van der Waals surface area contributed by atoms with Crippen molar-refractivity contribution in [3.05, 3.63) is 97.1 Å². The zero-order valence-electron chi connectivity index (χ0n) is 23.8. The van der Waals surface area contributed by atoms with Gasteiger partial charge in [0.2, 0.25) is 11.8 Å². The smallest absolute Gasteiger partial charge is 0.309 e. The zero-order valence-corrected chi connectivity index (χ0v) is 23.8. The second-order valence-electron chi connectivity index (χ2n) is 10.5. The highest BCUT2D eigenvalue weighted by Gasteiger charge is 2.27. The van der Waals surface area contributed by atoms with Gasteiger partial charge in [0.15, 0.2) is 0 Å². The minimum atomic E-state index is -0.642. The summed E-state index contributed by atoms with van der Waals surface area (Å²) in [4.78, 5) is 38.9. The lowest BCUT2D eigenvalue weighted by atomic mass is 9.96. The summed E-state index contributed by atoms with van der Waals surface area (Å²) in [6.45, 7) is 11.2. The van der Waals surface area contributed by atoms with Crippen molar-refractivity contribution in [1.29, 1.82) is 0 Å². The Hall–Kier alpha value is -3.71. The fourth-order valence-electron chi connectivity index (χ4n) is 4.41. The summed E-state index contributed by atoms with van der Waals surface area (Å²) in [6, 6.07) is 18.5. The predicted octanol–water partition coefficient (Wildman–Crippen LogP) is 4.41. The molecule has 7 heteroatoms. The first-order valence-electron chi connectivity index (χ1n) is 13.9. The lowest BCUT2D eigenvalue weighted by molar-refractivity contribution is -0.150. The van der Waals surface area contributed by atoms with E-state index >= 15 is 0 Å². The van der Waals surface area contributed by atoms with E-state index in [-0.39, 0.29) is 49.3 Å². The normalized spacial score (nSPS) is 13.9. The van der Waals surface area contributed by atoms with E-state index in [1.54, 1.807) is 12.2 Å². The molecular formula is C33H44N2O5. The van der Waals surface area contributed by atoms with Crippen molar-refractivity contribution in [3.8, 4) is 0 Å². The van der Waals surface area contributed by atoms with E-state index in [1.807, 2.05) is 74.5 Å². The number of esters is 1. The van der Waals surface area contributed by atoms with Crippen LogP contribution in [0.5, 0.6) is 0 Å². The summed E-state index contributed by atoms with van der Waals surface area (Å²) >= 11 is 0. The third-order valence-corrected chi connectivity index (χ3v) is 6.81. The van der Waals surface area contributed by atoms with E-state index in [9.17, 15) is 19.5 Å². The number of carbonyl (C=O) groups is 3. The second kappa shape index (κ2) is 17.8. The average Bonchev–Trinajstić information content (AvgIpc) is 2.95. The van der Waals surface area contributed by atoms with Crippen molar-refractivity contribution in [2.75, 3.05) is 13.2 Å². The molecule has 0 bridgehead atoms. The monoisotopic (exact) mass is 548 g/mol. The molecule has 0 heterocycles. The number of aliphatic hydroxyl groups excluding tert-OH is 1. The molecular weight excluding hydrogens is 504 g/mol. The maximum Gasteiger partial charge on any atom is 0.309 e. The van der Waals surface area contributed by atoms with Crippen LogP contribution in [0.15, 0.2) is 86.0 Å². The van der Waals surface area contributed by atoms with Crippen molar-refractivity contribution >= 4 is 17.8 Å². The van der Waals surface area contributed by atoms with Crippen LogP contribution in [0.4, 0.5) is 0 Å². The molecule has 40 heavy (non-hydrogen) atoms. The van der Waals surface area contributed by atoms with Gasteiger partial charge in [-0.15, -0.1) is 13.2 Å². The van der Waals surface area contributed by atoms with Crippen molar-refractivity contribution in [2.45, 2.75) is 58.0 Å². The van der Waals surface area contributed by atoms with Gasteiger partial charge < -0.3 is 20.5 Å². The van der Waals surface area contributed by atoms with Crippen molar-refractivity contribution < 1.29 is 24.2 Å². The van der Waals surface area contributed by atoms with Crippen molar-refractivity contribution in [3.63, 3.8) is 0 Å². The van der Waals surface area contributed by atoms with Crippen LogP contribution in [-0.4, -0.2) is 48.2 Å². The molecule has 2 aromatic rings. The standard InChI is InChI=1S/C33H44N2O5/c1-5-13-27(21-31(37)34-29(22-36)20-26-17-11-8-12-18-26)32(38)35-30(24(3)4)23-40-33(39)28(14-6-2)19-25-15-9-7-10-16-25/h5-12,15-18,24,27-30,36H,1-2,13-14,19-23H2,3-4H3,(H,34,37)(H,35,38)/t27-,28+,29-,30-/m1/s1. The van der Waals surface area contributed by atoms with Crippen LogP contribution in [0.3, 0.4) is 0 Å². The van der Waals surface area contributed by atoms with Gasteiger partial charge in [0, 0.05) is 6.42 Å². The highest BCUT2D eigenvalue weighted by Crippen LogP contribution is 2.17. The van der Waals surface area contributed by atoms with Gasteiger partial charge in [-0.25, -0.2) is 0 Å². The summed E-state index contributed by atoms with van der Waals surface area (Å²) in [6.07, 6.45) is 5.10. The fourth-order valence-corrected chi connectivity index (χ4v) is 4.41. The summed E-state index contributed by atoms with van der Waals surface area (Å²) in [5.74, 6) is -1.98. The summed E-state index contributed by atoms with van der Waals surface area (Å²) in [7, 11) is 0. The van der Waals surface area contributed by atoms with Gasteiger partial charge in [0.1, 0.15) is 6.61 Å². The van der Waals surface area contributed by atoms with E-state index in [1.165, 1.54) is 0 Å². The number of amides is 2. The van der Waals surface area contributed by atoms with Gasteiger partial charge in [-0.1, -0.05) is 86.7 Å². The molecule has 0 saturated heterocycles. The topological polar surface area (TPSA) is 105 Å². The number of aliphatic hydroxyl groups is 1. The van der Waals surface area contributed by atoms with Crippen LogP contribution < -0.4 is 10.6 Å². The molecule has 3 N–H and O–H groups in total. The van der Waals surface area contributed by atoms with Gasteiger partial charge in [0.25, 0.3) is 0 Å². The highest BCUT2D eigenvalue weighted by molar-refractivity contribution is 5.86. The number of allylic oxidation sites excluding steroid dienone is 2. The molecule has 0 aliphatic carbocycles. The molecule has 0 aliphatic rings. The Labute approximate surface area is 238 Å². The largest absolute Gasteiger partial charge is 0.463 e. The Morgan fingerprint density at radius 1 is 0.850 bits per heavy atom. The van der Waals surface area contributed by atoms with Crippen LogP contribution >= 0.6 is 0 Å². The van der Waals surface area contributed by atoms with Crippen LogP contribution in [-0.2, 0) is 32.0 Å². The summed E-state index contributed by atoms with van der Waals surface area (Å²) < 4.78 is 5.67. The Balaban J connectivity index is 1.96. The number of benzene rings is 2. The summed E-state index contributed by atoms with van der Waals surface area (Å²) in [5, 5.41) is 15.6. The van der Waals surface area contributed by atoms with Crippen LogP contribution in [0.1, 0.15) is 44.2 Å². The van der Waals surface area contributed by atoms with Crippen molar-refractivity contribution in [2.24, 2.45) is 17.8 Å². The first-order chi connectivity index (χ1) is 19.3. The molecule has 2 amide bonds. The molecule has 216 valence electrons. The summed E-state index contributed by atoms with van der Waals surface area (Å²) in [5.41, 5.74) is 2.04. The van der Waals surface area contributed by atoms with Gasteiger partial charge >= 0.3 is 5.97 Å². The SMILES string of the molecule is C=CC[C@H](CC(=O)N[C@@H](CO)Cc1ccccc1)C(=O)N[C@H](COC(=O)[C@@H](CC=C)Cc1ccccc1)C(C)C. The van der Waals surface area contributed by atoms with E-state index in [4.69, 9.17) is 4.74 Å². The number of ether oxygens (including phenoxy) is 1. The van der Waals surface area contributed by atoms with Gasteiger partial charge in [-0.2, -0.15) is 0 Å². The van der Waals surface area contributed by atoms with E-state index in [0.29, 0.717) is 25.7 Å². The van der Waals surface area contributed by atoms with E-state index in [0.717, 1.165) is 11.1 Å². The molecule has 2 aromatic carbocycles. The molecule has 0 fully saturated rings. The molecule has 2 rings (SSSR count). The first kappa shape index (κ1) is 32.5. The number of hydrogen-bond acceptors (Lipinski definition) is 5. The van der Waals surface area contributed by atoms with Gasteiger partial charge in [-0.3, -0.25) is 14.4 Å². The lowest BCUT2D eigenvalue weighted by Gasteiger charge is -2.26. The van der Waals surface area contributed by atoms with Crippen molar-refractivity contribution in [1.82, 2.24) is 10.6 Å². The Morgan fingerprint density at radius 2 is 1.40 bits per heavy atom. The fraction of sp³-hybridized carbons (Fsp3) is 0.424. The molecule has 0 aromatic heterocycles. The first-order valence-corrected chi connectivity index (χ1v) is 13.9. The molecule has 7 nitrogen and oxygen atoms in total. The third-order valence-electron chi connectivity index (χ3n) is 6.81. The molecule has 0 spiro atoms. The van der Waals surface area contributed by atoms with E-state index in [2.05, 4.69) is 23.8 Å². The minimum absolute atomic E-state index is 0.00780. The molecule has 0 aliphatic heterocycles. The zero-order chi connectivity index (χ0) is 29.3. The number of nitrogens with one attached hydrogen (secondary N) is 2. The number of hydrogen-bond donors (Lipinski definition) is 3. The highest BCUT2D eigenvalue weighted by atomic mass is 16.5. The van der Waals surface area contributed by atoms with E-state index < -0.39 is 18.0 Å². The third kappa shape index (κ3) is 11.6. The average molecular weight is 549 g/mol. The maximum atomic E-state index is 13.2. The number of carbonyl (C=O) groups excluding carboxylic acids is 3. The molecule has 0 unspecified atom stereocenters. The lowest BCUT2D eigenvalue weighted by Crippen LogP contribution is -2.47. The molecule has 4 atom stereocenters. The molecule has 0 saturated carbocycles. The minimum Gasteiger partial charge on any atom is -0.463 e. The van der Waals surface area contributed by atoms with Crippen LogP contribution in [0, 0.1) is 17.8 Å².